The number of likely N-dealkylation sites (N-methyl/N-ethyl adjacent to an activating group) is 1. The van der Waals surface area contributed by atoms with Gasteiger partial charge in [-0.2, -0.15) is 0 Å². The number of carbonyl (C=O) groups excluding carboxylic acids is 1. The van der Waals surface area contributed by atoms with E-state index < -0.39 is 0 Å². The van der Waals surface area contributed by atoms with Crippen LogP contribution in [0.2, 0.25) is 0 Å². The largest absolute Gasteiger partial charge is 0.374 e. The van der Waals surface area contributed by atoms with E-state index >= 15 is 0 Å². The second-order valence-corrected chi connectivity index (χ2v) is 5.16. The van der Waals surface area contributed by atoms with Crippen molar-refractivity contribution >= 4 is 22.4 Å². The number of nitrogens with one attached hydrogen (secondary N) is 1. The summed E-state index contributed by atoms with van der Waals surface area (Å²) in [5.74, 6) is 0.0479. The van der Waals surface area contributed by atoms with Gasteiger partial charge >= 0.3 is 0 Å². The first-order valence-electron chi connectivity index (χ1n) is 5.52. The van der Waals surface area contributed by atoms with Gasteiger partial charge in [0.2, 0.25) is 11.0 Å². The fourth-order valence-corrected chi connectivity index (χ4v) is 1.85. The van der Waals surface area contributed by atoms with Crippen LogP contribution in [0.3, 0.4) is 0 Å². The summed E-state index contributed by atoms with van der Waals surface area (Å²) in [6.45, 7) is 2.53. The highest BCUT2D eigenvalue weighted by atomic mass is 32.1. The first kappa shape index (κ1) is 13.9. The molecule has 1 aromatic rings. The van der Waals surface area contributed by atoms with Crippen molar-refractivity contribution in [2.45, 2.75) is 25.8 Å². The van der Waals surface area contributed by atoms with Crippen LogP contribution in [-0.2, 0) is 11.2 Å². The molecule has 0 saturated carbocycles. The summed E-state index contributed by atoms with van der Waals surface area (Å²) >= 11 is 1.39. The Morgan fingerprint density at radius 2 is 2.24 bits per heavy atom. The number of carbonyl (C=O) groups is 1. The van der Waals surface area contributed by atoms with E-state index in [-0.39, 0.29) is 11.9 Å². The van der Waals surface area contributed by atoms with E-state index in [0.29, 0.717) is 11.7 Å². The predicted molar refractivity (Wildman–Crippen MR) is 68.8 cm³/mol. The molecule has 1 aromatic heterocycles. The van der Waals surface area contributed by atoms with Crippen molar-refractivity contribution in [3.05, 3.63) is 5.01 Å². The van der Waals surface area contributed by atoms with Gasteiger partial charge in [0.15, 0.2) is 0 Å². The number of nitrogen functional groups attached to an aromatic ring is 1. The number of nitrogens with zero attached hydrogens (tertiary/aromatic N) is 3. The van der Waals surface area contributed by atoms with Crippen molar-refractivity contribution in [1.82, 2.24) is 20.4 Å². The van der Waals surface area contributed by atoms with E-state index in [4.69, 9.17) is 5.73 Å². The van der Waals surface area contributed by atoms with Crippen molar-refractivity contribution in [3.63, 3.8) is 0 Å². The van der Waals surface area contributed by atoms with Crippen LogP contribution < -0.4 is 11.1 Å². The van der Waals surface area contributed by atoms with Crippen molar-refractivity contribution in [1.29, 1.82) is 0 Å². The molecular weight excluding hydrogens is 238 g/mol. The number of amides is 1. The Morgan fingerprint density at radius 3 is 2.76 bits per heavy atom. The molecular formula is C10H19N5OS. The molecule has 3 N–H and O–H groups in total. The molecule has 0 aliphatic carbocycles. The van der Waals surface area contributed by atoms with E-state index in [2.05, 4.69) is 15.5 Å². The van der Waals surface area contributed by atoms with Gasteiger partial charge in [0.05, 0.1) is 6.04 Å². The average Bonchev–Trinajstić information content (AvgIpc) is 2.69. The Balaban J connectivity index is 2.18. The van der Waals surface area contributed by atoms with Crippen molar-refractivity contribution in [2.75, 3.05) is 26.4 Å². The summed E-state index contributed by atoms with van der Waals surface area (Å²) in [5, 5.41) is 11.9. The number of hydrogen-bond acceptors (Lipinski definition) is 6. The Labute approximate surface area is 105 Å². The molecule has 1 unspecified atom stereocenters. The molecule has 0 aliphatic heterocycles. The lowest BCUT2D eigenvalue weighted by atomic mass is 10.2. The highest BCUT2D eigenvalue weighted by molar-refractivity contribution is 7.15. The second kappa shape index (κ2) is 6.51. The average molecular weight is 257 g/mol. The summed E-state index contributed by atoms with van der Waals surface area (Å²) < 4.78 is 0. The molecule has 1 atom stereocenters. The third-order valence-corrected chi connectivity index (χ3v) is 3.32. The third kappa shape index (κ3) is 4.66. The highest BCUT2D eigenvalue weighted by Crippen LogP contribution is 2.12. The highest BCUT2D eigenvalue weighted by Gasteiger charge is 2.13. The SMILES string of the molecule is CC(C(=O)NCCCc1nnc(N)s1)N(C)C. The van der Waals surface area contributed by atoms with E-state index in [1.807, 2.05) is 25.9 Å². The van der Waals surface area contributed by atoms with Gasteiger partial charge in [-0.25, -0.2) is 0 Å². The lowest BCUT2D eigenvalue weighted by Crippen LogP contribution is -2.41. The molecule has 0 aromatic carbocycles. The first-order valence-corrected chi connectivity index (χ1v) is 6.34. The molecule has 7 heteroatoms. The van der Waals surface area contributed by atoms with Gasteiger partial charge in [0.1, 0.15) is 5.01 Å². The van der Waals surface area contributed by atoms with Crippen LogP contribution >= 0.6 is 11.3 Å². The minimum absolute atomic E-state index is 0.0479. The number of hydrogen-bond donors (Lipinski definition) is 2. The quantitative estimate of drug-likeness (QED) is 0.707. The van der Waals surface area contributed by atoms with Gasteiger partial charge in [0.25, 0.3) is 0 Å². The van der Waals surface area contributed by atoms with Gasteiger partial charge in [-0.05, 0) is 27.4 Å². The Kier molecular flexibility index (Phi) is 5.30. The lowest BCUT2D eigenvalue weighted by Gasteiger charge is -2.18. The Hall–Kier alpha value is -1.21. The van der Waals surface area contributed by atoms with Crippen LogP contribution in [0.25, 0.3) is 0 Å². The van der Waals surface area contributed by atoms with E-state index in [1.165, 1.54) is 11.3 Å². The molecule has 0 spiro atoms. The molecule has 1 amide bonds. The number of anilines is 1. The molecule has 0 saturated heterocycles. The van der Waals surface area contributed by atoms with Gasteiger partial charge in [0, 0.05) is 13.0 Å². The van der Waals surface area contributed by atoms with Crippen molar-refractivity contribution in [2.24, 2.45) is 0 Å². The third-order valence-electron chi connectivity index (χ3n) is 2.50. The fourth-order valence-electron chi connectivity index (χ4n) is 1.20. The molecule has 1 heterocycles. The molecule has 0 bridgehead atoms. The first-order chi connectivity index (χ1) is 8.00. The van der Waals surface area contributed by atoms with E-state index in [9.17, 15) is 4.79 Å². The van der Waals surface area contributed by atoms with Crippen LogP contribution in [0.15, 0.2) is 0 Å². The van der Waals surface area contributed by atoms with Crippen molar-refractivity contribution < 1.29 is 4.79 Å². The summed E-state index contributed by atoms with van der Waals surface area (Å²) in [6.07, 6.45) is 1.64. The topological polar surface area (TPSA) is 84.1 Å². The van der Waals surface area contributed by atoms with Gasteiger partial charge < -0.3 is 11.1 Å². The normalized spacial score (nSPS) is 12.7. The maximum absolute atomic E-state index is 11.6. The molecule has 6 nitrogen and oxygen atoms in total. The summed E-state index contributed by atoms with van der Waals surface area (Å²) in [6, 6.07) is -0.104. The maximum atomic E-state index is 11.6. The van der Waals surface area contributed by atoms with Gasteiger partial charge in [-0.15, -0.1) is 10.2 Å². The van der Waals surface area contributed by atoms with Crippen LogP contribution in [-0.4, -0.2) is 47.7 Å². The molecule has 0 aliphatic rings. The fraction of sp³-hybridized carbons (Fsp3) is 0.700. The number of rotatable bonds is 6. The van der Waals surface area contributed by atoms with Gasteiger partial charge in [-0.1, -0.05) is 11.3 Å². The second-order valence-electron chi connectivity index (χ2n) is 4.07. The predicted octanol–water partition coefficient (Wildman–Crippen LogP) is 0.119. The minimum Gasteiger partial charge on any atom is -0.374 e. The van der Waals surface area contributed by atoms with Crippen LogP contribution in [0.5, 0.6) is 0 Å². The van der Waals surface area contributed by atoms with Crippen LogP contribution in [0, 0.1) is 0 Å². The molecule has 17 heavy (non-hydrogen) atoms. The zero-order chi connectivity index (χ0) is 12.8. The summed E-state index contributed by atoms with van der Waals surface area (Å²) in [7, 11) is 3.77. The zero-order valence-electron chi connectivity index (χ0n) is 10.4. The van der Waals surface area contributed by atoms with Gasteiger partial charge in [-0.3, -0.25) is 9.69 Å². The monoisotopic (exact) mass is 257 g/mol. The Morgan fingerprint density at radius 1 is 1.53 bits per heavy atom. The van der Waals surface area contributed by atoms with E-state index in [0.717, 1.165) is 17.8 Å². The summed E-state index contributed by atoms with van der Waals surface area (Å²) in [5.41, 5.74) is 5.47. The summed E-state index contributed by atoms with van der Waals surface area (Å²) in [4.78, 5) is 13.5. The maximum Gasteiger partial charge on any atom is 0.237 e. The molecule has 0 radical (unpaired) electrons. The van der Waals surface area contributed by atoms with Crippen LogP contribution in [0.4, 0.5) is 5.13 Å². The number of aryl methyl sites for hydroxylation is 1. The lowest BCUT2D eigenvalue weighted by molar-refractivity contribution is -0.124. The molecule has 96 valence electrons. The van der Waals surface area contributed by atoms with Crippen LogP contribution in [0.1, 0.15) is 18.4 Å². The van der Waals surface area contributed by atoms with E-state index in [1.54, 1.807) is 0 Å². The standard InChI is InChI=1S/C10H19N5OS/c1-7(15(2)3)9(16)12-6-4-5-8-13-14-10(11)17-8/h7H,4-6H2,1-3H3,(H2,11,14)(H,12,16). The smallest absolute Gasteiger partial charge is 0.237 e. The molecule has 1 rings (SSSR count). The minimum atomic E-state index is -0.104. The zero-order valence-corrected chi connectivity index (χ0v) is 11.3. The Bertz CT molecular complexity index is 365. The molecule has 0 fully saturated rings. The van der Waals surface area contributed by atoms with Crippen molar-refractivity contribution in [3.8, 4) is 0 Å². The number of aromatic nitrogens is 2. The number of nitrogens with two attached hydrogens (primary N) is 1.